The quantitative estimate of drug-likeness (QED) is 0.734. The van der Waals surface area contributed by atoms with Gasteiger partial charge in [-0.25, -0.2) is 0 Å². The Morgan fingerprint density at radius 1 is 1.30 bits per heavy atom. The minimum atomic E-state index is -0.176. The summed E-state index contributed by atoms with van der Waals surface area (Å²) in [4.78, 5) is 22.5. The SMILES string of the molecule is CC(C)C(C)NC(=O)COc1c(Br)cc(C=O)cc1Br. The molecule has 0 fully saturated rings. The second-order valence-corrected chi connectivity index (χ2v) is 6.53. The Morgan fingerprint density at radius 3 is 2.30 bits per heavy atom. The fourth-order valence-corrected chi connectivity index (χ4v) is 2.84. The molecule has 1 unspecified atom stereocenters. The molecule has 1 amide bonds. The maximum absolute atomic E-state index is 11.8. The molecule has 1 N–H and O–H groups in total. The highest BCUT2D eigenvalue weighted by Crippen LogP contribution is 2.34. The molecule has 0 aromatic heterocycles. The van der Waals surface area contributed by atoms with E-state index in [4.69, 9.17) is 4.74 Å². The van der Waals surface area contributed by atoms with Gasteiger partial charge in [0.05, 0.1) is 8.95 Å². The standard InChI is InChI=1S/C14H17Br2NO3/c1-8(2)9(3)17-13(19)7-20-14-11(15)4-10(6-18)5-12(14)16/h4-6,8-9H,7H2,1-3H3,(H,17,19). The van der Waals surface area contributed by atoms with E-state index in [2.05, 4.69) is 37.2 Å². The van der Waals surface area contributed by atoms with Crippen molar-refractivity contribution in [3.8, 4) is 5.75 Å². The number of amides is 1. The van der Waals surface area contributed by atoms with E-state index in [1.54, 1.807) is 12.1 Å². The van der Waals surface area contributed by atoms with Crippen LogP contribution < -0.4 is 10.1 Å². The maximum Gasteiger partial charge on any atom is 0.258 e. The average Bonchev–Trinajstić information content (AvgIpc) is 2.37. The molecule has 1 aromatic rings. The third-order valence-corrected chi connectivity index (χ3v) is 4.07. The normalized spacial score (nSPS) is 12.1. The zero-order valence-electron chi connectivity index (χ0n) is 11.6. The van der Waals surface area contributed by atoms with Crippen molar-refractivity contribution in [2.24, 2.45) is 5.92 Å². The van der Waals surface area contributed by atoms with E-state index in [0.717, 1.165) is 6.29 Å². The van der Waals surface area contributed by atoms with Gasteiger partial charge in [0.2, 0.25) is 0 Å². The molecule has 0 aliphatic heterocycles. The summed E-state index contributed by atoms with van der Waals surface area (Å²) >= 11 is 6.63. The Labute approximate surface area is 135 Å². The highest BCUT2D eigenvalue weighted by molar-refractivity contribution is 9.11. The van der Waals surface area contributed by atoms with E-state index in [0.29, 0.717) is 26.2 Å². The summed E-state index contributed by atoms with van der Waals surface area (Å²) < 4.78 is 6.74. The van der Waals surface area contributed by atoms with Gasteiger partial charge in [-0.15, -0.1) is 0 Å². The van der Waals surface area contributed by atoms with Crippen molar-refractivity contribution in [3.05, 3.63) is 26.6 Å². The summed E-state index contributed by atoms with van der Waals surface area (Å²) in [5.41, 5.74) is 0.522. The Bertz CT molecular complexity index is 480. The first-order valence-electron chi connectivity index (χ1n) is 6.21. The number of ether oxygens (including phenoxy) is 1. The molecule has 0 aliphatic rings. The van der Waals surface area contributed by atoms with Crippen LogP contribution >= 0.6 is 31.9 Å². The summed E-state index contributed by atoms with van der Waals surface area (Å²) in [6.45, 7) is 5.95. The van der Waals surface area contributed by atoms with Crippen LogP contribution in [0.3, 0.4) is 0 Å². The summed E-state index contributed by atoms with van der Waals surface area (Å²) in [5, 5.41) is 2.86. The van der Waals surface area contributed by atoms with Crippen molar-refractivity contribution in [2.75, 3.05) is 6.61 Å². The predicted molar refractivity (Wildman–Crippen MR) is 85.2 cm³/mol. The molecular weight excluding hydrogens is 390 g/mol. The van der Waals surface area contributed by atoms with Crippen molar-refractivity contribution in [1.29, 1.82) is 0 Å². The number of hydrogen-bond donors (Lipinski definition) is 1. The van der Waals surface area contributed by atoms with Crippen LogP contribution in [-0.2, 0) is 4.79 Å². The van der Waals surface area contributed by atoms with E-state index >= 15 is 0 Å². The fraction of sp³-hybridized carbons (Fsp3) is 0.429. The van der Waals surface area contributed by atoms with Crippen molar-refractivity contribution in [1.82, 2.24) is 5.32 Å². The number of carbonyl (C=O) groups excluding carboxylic acids is 2. The molecule has 110 valence electrons. The number of rotatable bonds is 6. The highest BCUT2D eigenvalue weighted by atomic mass is 79.9. The van der Waals surface area contributed by atoms with Crippen LogP contribution in [0, 0.1) is 5.92 Å². The molecule has 0 aliphatic carbocycles. The summed E-state index contributed by atoms with van der Waals surface area (Å²) in [6.07, 6.45) is 0.746. The Morgan fingerprint density at radius 2 is 1.85 bits per heavy atom. The smallest absolute Gasteiger partial charge is 0.258 e. The number of halogens is 2. The molecule has 1 atom stereocenters. The van der Waals surface area contributed by atoms with Crippen LogP contribution in [0.15, 0.2) is 21.1 Å². The van der Waals surface area contributed by atoms with Gasteiger partial charge in [-0.2, -0.15) is 0 Å². The fourth-order valence-electron chi connectivity index (χ4n) is 1.39. The van der Waals surface area contributed by atoms with Crippen molar-refractivity contribution >= 4 is 44.1 Å². The molecule has 1 aromatic carbocycles. The van der Waals surface area contributed by atoms with Crippen LogP contribution in [0.2, 0.25) is 0 Å². The predicted octanol–water partition coefficient (Wildman–Crippen LogP) is 3.56. The first kappa shape index (κ1) is 17.2. The van der Waals surface area contributed by atoms with Crippen LogP contribution in [0.5, 0.6) is 5.75 Å². The van der Waals surface area contributed by atoms with Gasteiger partial charge >= 0.3 is 0 Å². The van der Waals surface area contributed by atoms with Crippen LogP contribution in [0.25, 0.3) is 0 Å². The number of benzene rings is 1. The molecule has 0 bridgehead atoms. The van der Waals surface area contributed by atoms with Crippen LogP contribution in [-0.4, -0.2) is 24.8 Å². The lowest BCUT2D eigenvalue weighted by molar-refractivity contribution is -0.124. The van der Waals surface area contributed by atoms with Gasteiger partial charge in [0.25, 0.3) is 5.91 Å². The molecular formula is C14H17Br2NO3. The lowest BCUT2D eigenvalue weighted by atomic mass is 10.1. The van der Waals surface area contributed by atoms with Gasteiger partial charge in [0.1, 0.15) is 12.0 Å². The molecule has 4 nitrogen and oxygen atoms in total. The zero-order valence-corrected chi connectivity index (χ0v) is 14.7. The van der Waals surface area contributed by atoms with Crippen molar-refractivity contribution < 1.29 is 14.3 Å². The summed E-state index contributed by atoms with van der Waals surface area (Å²) in [7, 11) is 0. The van der Waals surface area contributed by atoms with Crippen molar-refractivity contribution in [3.63, 3.8) is 0 Å². The van der Waals surface area contributed by atoms with E-state index in [1.807, 2.05) is 20.8 Å². The van der Waals surface area contributed by atoms with Gasteiger partial charge in [-0.05, 0) is 56.8 Å². The second kappa shape index (κ2) is 7.78. The Balaban J connectivity index is 2.66. The second-order valence-electron chi connectivity index (χ2n) is 4.82. The number of hydrogen-bond acceptors (Lipinski definition) is 3. The first-order valence-corrected chi connectivity index (χ1v) is 7.80. The van der Waals surface area contributed by atoms with Crippen LogP contribution in [0.4, 0.5) is 0 Å². The minimum Gasteiger partial charge on any atom is -0.481 e. The molecule has 0 radical (unpaired) electrons. The lowest BCUT2D eigenvalue weighted by Crippen LogP contribution is -2.39. The minimum absolute atomic E-state index is 0.0747. The molecule has 6 heteroatoms. The maximum atomic E-state index is 11.8. The highest BCUT2D eigenvalue weighted by Gasteiger charge is 2.14. The number of nitrogens with one attached hydrogen (secondary N) is 1. The average molecular weight is 407 g/mol. The Kier molecular flexibility index (Phi) is 6.68. The van der Waals surface area contributed by atoms with Crippen LogP contribution in [0.1, 0.15) is 31.1 Å². The molecule has 0 saturated heterocycles. The molecule has 1 rings (SSSR count). The molecule has 0 spiro atoms. The monoisotopic (exact) mass is 405 g/mol. The molecule has 20 heavy (non-hydrogen) atoms. The summed E-state index contributed by atoms with van der Waals surface area (Å²) in [5.74, 6) is 0.691. The third-order valence-electron chi connectivity index (χ3n) is 2.89. The van der Waals surface area contributed by atoms with Gasteiger partial charge in [0, 0.05) is 11.6 Å². The van der Waals surface area contributed by atoms with E-state index < -0.39 is 0 Å². The number of aldehydes is 1. The topological polar surface area (TPSA) is 55.4 Å². The van der Waals surface area contributed by atoms with Gasteiger partial charge < -0.3 is 10.1 Å². The van der Waals surface area contributed by atoms with Crippen molar-refractivity contribution in [2.45, 2.75) is 26.8 Å². The lowest BCUT2D eigenvalue weighted by Gasteiger charge is -2.18. The third kappa shape index (κ3) is 4.90. The molecule has 0 saturated carbocycles. The van der Waals surface area contributed by atoms with Gasteiger partial charge in [-0.3, -0.25) is 9.59 Å². The Hall–Kier alpha value is -0.880. The van der Waals surface area contributed by atoms with E-state index in [9.17, 15) is 9.59 Å². The van der Waals surface area contributed by atoms with E-state index in [-0.39, 0.29) is 18.6 Å². The van der Waals surface area contributed by atoms with Gasteiger partial charge in [0.15, 0.2) is 6.61 Å². The van der Waals surface area contributed by atoms with Gasteiger partial charge in [-0.1, -0.05) is 13.8 Å². The first-order chi connectivity index (χ1) is 9.35. The van der Waals surface area contributed by atoms with E-state index in [1.165, 1.54) is 0 Å². The largest absolute Gasteiger partial charge is 0.481 e. The zero-order chi connectivity index (χ0) is 15.3. The molecule has 0 heterocycles. The number of carbonyl (C=O) groups is 2. The summed E-state index contributed by atoms with van der Waals surface area (Å²) in [6, 6.07) is 3.37.